The van der Waals surface area contributed by atoms with Gasteiger partial charge in [0.1, 0.15) is 24.2 Å². The van der Waals surface area contributed by atoms with Crippen LogP contribution in [0.5, 0.6) is 0 Å². The Balaban J connectivity index is 5.35. The molecule has 4 atom stereocenters. The van der Waals surface area contributed by atoms with Crippen molar-refractivity contribution in [1.82, 2.24) is 10.6 Å². The Kier molecular flexibility index (Phi) is 8.86. The van der Waals surface area contributed by atoms with Crippen LogP contribution in [0, 0.1) is 0 Å². The van der Waals surface area contributed by atoms with Crippen molar-refractivity contribution >= 4 is 49.1 Å². The molecule has 0 aromatic heterocycles. The molecule has 4 unspecified atom stereocenters. The molecule has 0 rings (SSSR count). The molecule has 0 aliphatic rings. The van der Waals surface area contributed by atoms with Gasteiger partial charge in [0.05, 0.1) is 0 Å². The van der Waals surface area contributed by atoms with Crippen LogP contribution in [-0.2, 0) is 19.2 Å². The Morgan fingerprint density at radius 3 is 1.09 bits per heavy atom. The molecule has 0 aliphatic carbocycles. The minimum Gasteiger partial charge on any atom is -0.480 e. The van der Waals surface area contributed by atoms with Crippen LogP contribution in [0.15, 0.2) is 0 Å². The minimum absolute atomic E-state index is 0.291. The highest BCUT2D eigenvalue weighted by Crippen LogP contribution is 2.03. The summed E-state index contributed by atoms with van der Waals surface area (Å²) < 4.78 is 0. The van der Waals surface area contributed by atoms with Crippen molar-refractivity contribution in [3.63, 3.8) is 0 Å². The van der Waals surface area contributed by atoms with Crippen molar-refractivity contribution < 1.29 is 39.6 Å². The van der Waals surface area contributed by atoms with E-state index in [0.717, 1.165) is 0 Å². The number of hydrogen-bond donors (Lipinski definition) is 8. The molecule has 0 amide bonds. The van der Waals surface area contributed by atoms with Gasteiger partial charge in [0.2, 0.25) is 0 Å². The fraction of sp³-hybridized carbons (Fsp3) is 0.600. The third kappa shape index (κ3) is 6.09. The molecule has 0 aromatic rings. The van der Waals surface area contributed by atoms with Gasteiger partial charge in [0.15, 0.2) is 0 Å². The van der Waals surface area contributed by atoms with Crippen molar-refractivity contribution in [2.45, 2.75) is 24.2 Å². The molecule has 12 heteroatoms. The van der Waals surface area contributed by atoms with Crippen molar-refractivity contribution in [2.75, 3.05) is 11.5 Å². The first-order valence-corrected chi connectivity index (χ1v) is 7.07. The van der Waals surface area contributed by atoms with Crippen LogP contribution in [0.25, 0.3) is 0 Å². The number of carboxylic acid groups (broad SMARTS) is 4. The van der Waals surface area contributed by atoms with Crippen LogP contribution in [0.1, 0.15) is 0 Å². The first-order valence-electron chi connectivity index (χ1n) is 5.80. The second-order valence-electron chi connectivity index (χ2n) is 4.11. The van der Waals surface area contributed by atoms with E-state index in [1.165, 1.54) is 0 Å². The Bertz CT molecular complexity index is 407. The number of nitrogens with one attached hydrogen (secondary N) is 2. The van der Waals surface area contributed by atoms with E-state index in [1.807, 2.05) is 0 Å². The SMILES string of the molecule is O=C(O)C(CS)NC(C(=O)O)C(NC(CS)C(=O)O)C(=O)O. The van der Waals surface area contributed by atoms with Gasteiger partial charge in [0.25, 0.3) is 0 Å². The Morgan fingerprint density at radius 1 is 0.682 bits per heavy atom. The average Bonchev–Trinajstić information content (AvgIpc) is 2.40. The maximum Gasteiger partial charge on any atom is 0.322 e. The highest BCUT2D eigenvalue weighted by Gasteiger charge is 2.38. The fourth-order valence-corrected chi connectivity index (χ4v) is 1.98. The smallest absolute Gasteiger partial charge is 0.322 e. The zero-order valence-corrected chi connectivity index (χ0v) is 12.8. The van der Waals surface area contributed by atoms with Crippen LogP contribution in [-0.4, -0.2) is 80.0 Å². The van der Waals surface area contributed by atoms with E-state index < -0.39 is 48.0 Å². The fourth-order valence-electron chi connectivity index (χ4n) is 1.46. The monoisotopic (exact) mass is 356 g/mol. The summed E-state index contributed by atoms with van der Waals surface area (Å²) in [5, 5.41) is 40.1. The van der Waals surface area contributed by atoms with Crippen molar-refractivity contribution in [3.8, 4) is 0 Å². The number of thiol groups is 2. The summed E-state index contributed by atoms with van der Waals surface area (Å²) in [6.45, 7) is 0. The van der Waals surface area contributed by atoms with Gasteiger partial charge < -0.3 is 20.4 Å². The van der Waals surface area contributed by atoms with E-state index in [1.54, 1.807) is 0 Å². The molecule has 0 fully saturated rings. The summed E-state index contributed by atoms with van der Waals surface area (Å²) in [5.74, 6) is -6.74. The summed E-state index contributed by atoms with van der Waals surface area (Å²) in [5.41, 5.74) is 0. The zero-order valence-electron chi connectivity index (χ0n) is 11.0. The molecule has 22 heavy (non-hydrogen) atoms. The molecular weight excluding hydrogens is 340 g/mol. The average molecular weight is 356 g/mol. The minimum atomic E-state index is -1.88. The summed E-state index contributed by atoms with van der Waals surface area (Å²) in [6, 6.07) is -6.61. The molecule has 0 heterocycles. The molecule has 0 saturated carbocycles. The van der Waals surface area contributed by atoms with Gasteiger partial charge in [-0.15, -0.1) is 0 Å². The van der Waals surface area contributed by atoms with Crippen LogP contribution < -0.4 is 10.6 Å². The number of carbonyl (C=O) groups is 4. The van der Waals surface area contributed by atoms with E-state index in [-0.39, 0.29) is 11.5 Å². The van der Waals surface area contributed by atoms with E-state index in [2.05, 4.69) is 35.9 Å². The first-order chi connectivity index (χ1) is 10.1. The van der Waals surface area contributed by atoms with Gasteiger partial charge in [0, 0.05) is 11.5 Å². The third-order valence-corrected chi connectivity index (χ3v) is 3.32. The van der Waals surface area contributed by atoms with Crippen molar-refractivity contribution in [1.29, 1.82) is 0 Å². The largest absolute Gasteiger partial charge is 0.480 e. The normalized spacial score (nSPS) is 16.3. The molecule has 126 valence electrons. The van der Waals surface area contributed by atoms with Crippen LogP contribution in [0.3, 0.4) is 0 Å². The predicted octanol–water partition coefficient (Wildman–Crippen LogP) is -2.16. The third-order valence-electron chi connectivity index (χ3n) is 2.59. The molecule has 6 N–H and O–H groups in total. The van der Waals surface area contributed by atoms with Crippen LogP contribution >= 0.6 is 25.3 Å². The maximum absolute atomic E-state index is 11.2. The molecule has 0 radical (unpaired) electrons. The number of rotatable bonds is 11. The second kappa shape index (κ2) is 9.50. The van der Waals surface area contributed by atoms with E-state index >= 15 is 0 Å². The van der Waals surface area contributed by atoms with E-state index in [0.29, 0.717) is 0 Å². The second-order valence-corrected chi connectivity index (χ2v) is 4.84. The molecule has 0 aliphatic heterocycles. The lowest BCUT2D eigenvalue weighted by molar-refractivity contribution is -0.151. The van der Waals surface area contributed by atoms with Crippen LogP contribution in [0.4, 0.5) is 0 Å². The molecule has 0 saturated heterocycles. The zero-order chi connectivity index (χ0) is 17.4. The van der Waals surface area contributed by atoms with Crippen LogP contribution in [0.2, 0.25) is 0 Å². The van der Waals surface area contributed by atoms with Gasteiger partial charge in [-0.3, -0.25) is 29.8 Å². The molecule has 0 spiro atoms. The van der Waals surface area contributed by atoms with Crippen molar-refractivity contribution in [3.05, 3.63) is 0 Å². The Hall–Kier alpha value is -1.50. The standard InChI is InChI=1S/C10H16N2O8S2/c13-7(14)3(1-21)11-5(9(17)18)6(10(19)20)12-4(2-22)8(15)16/h3-6,11-12,21-22H,1-2H2,(H,13,14)(H,15,16)(H,17,18)(H,19,20). The maximum atomic E-state index is 11.2. The summed E-state index contributed by atoms with van der Waals surface area (Å²) in [4.78, 5) is 44.2. The molecule has 0 aromatic carbocycles. The lowest BCUT2D eigenvalue weighted by atomic mass is 10.1. The molecule has 10 nitrogen and oxygen atoms in total. The van der Waals surface area contributed by atoms with Gasteiger partial charge in [-0.2, -0.15) is 25.3 Å². The van der Waals surface area contributed by atoms with Gasteiger partial charge >= 0.3 is 23.9 Å². The van der Waals surface area contributed by atoms with Gasteiger partial charge in [-0.1, -0.05) is 0 Å². The number of aliphatic carboxylic acids is 4. The summed E-state index contributed by atoms with van der Waals surface area (Å²) in [7, 11) is 0. The lowest BCUT2D eigenvalue weighted by Crippen LogP contribution is -2.63. The lowest BCUT2D eigenvalue weighted by Gasteiger charge is -2.27. The van der Waals surface area contributed by atoms with Crippen molar-refractivity contribution in [2.24, 2.45) is 0 Å². The van der Waals surface area contributed by atoms with E-state index in [9.17, 15) is 19.2 Å². The number of hydrogen-bond acceptors (Lipinski definition) is 8. The van der Waals surface area contributed by atoms with E-state index in [4.69, 9.17) is 20.4 Å². The number of carboxylic acids is 4. The highest BCUT2D eigenvalue weighted by molar-refractivity contribution is 7.80. The molecule has 0 bridgehead atoms. The Morgan fingerprint density at radius 2 is 0.955 bits per heavy atom. The summed E-state index contributed by atoms with van der Waals surface area (Å²) >= 11 is 7.46. The topological polar surface area (TPSA) is 173 Å². The molecular formula is C10H16N2O8S2. The van der Waals surface area contributed by atoms with Gasteiger partial charge in [-0.05, 0) is 0 Å². The van der Waals surface area contributed by atoms with Gasteiger partial charge in [-0.25, -0.2) is 0 Å². The summed E-state index contributed by atoms with van der Waals surface area (Å²) in [6.07, 6.45) is 0. The Labute approximate surface area is 135 Å². The quantitative estimate of drug-likeness (QED) is 0.190. The predicted molar refractivity (Wildman–Crippen MR) is 79.7 cm³/mol. The first kappa shape index (κ1) is 20.5. The highest BCUT2D eigenvalue weighted by atomic mass is 32.1.